The van der Waals surface area contributed by atoms with E-state index >= 15 is 0 Å². The summed E-state index contributed by atoms with van der Waals surface area (Å²) in [4.78, 5) is 56.2. The molecule has 2 aliphatic rings. The minimum absolute atomic E-state index is 0.199. The quantitative estimate of drug-likeness (QED) is 0.124. The molecule has 0 saturated carbocycles. The Kier molecular flexibility index (Phi) is 6.39. The van der Waals surface area contributed by atoms with E-state index in [4.69, 9.17) is 0 Å². The molecule has 0 spiro atoms. The molecule has 0 unspecified atom stereocenters. The number of rotatable bonds is 6. The highest BCUT2D eigenvalue weighted by Gasteiger charge is 2.40. The highest BCUT2D eigenvalue weighted by molar-refractivity contribution is 7.85. The van der Waals surface area contributed by atoms with E-state index in [-0.39, 0.29) is 37.9 Å². The van der Waals surface area contributed by atoms with Gasteiger partial charge in [-0.15, -0.1) is 0 Å². The number of carbonyl (C=O) groups excluding carboxylic acids is 4. The maximum Gasteiger partial charge on any atom is 0.265 e. The van der Waals surface area contributed by atoms with Crippen LogP contribution in [0.3, 0.4) is 0 Å². The lowest BCUT2D eigenvalue weighted by Crippen LogP contribution is -2.43. The standard InChI is InChI=1S/C33H20N4O7S/c38-30-24-14-16-26-29-27(17-15-25(28(24)29)31(39)36(30)21-4-2-1-3-5-21)33(41)37(32(26)40)22-10-6-19(7-11-22)18-34-35-20-8-12-23(13-9-20)45(42,43)44/h1-18,35H,(H,42,43,44)/p-1/b34-18-. The molecule has 0 saturated heterocycles. The van der Waals surface area contributed by atoms with Crippen LogP contribution in [0.25, 0.3) is 10.8 Å². The normalized spacial score (nSPS) is 14.5. The third-order valence-corrected chi connectivity index (χ3v) is 8.46. The van der Waals surface area contributed by atoms with E-state index in [0.717, 1.165) is 9.80 Å². The summed E-state index contributed by atoms with van der Waals surface area (Å²) in [5.74, 6) is -2.26. The minimum Gasteiger partial charge on any atom is -0.744 e. The molecule has 0 fully saturated rings. The number of nitrogens with one attached hydrogen (secondary N) is 1. The number of benzene rings is 5. The highest BCUT2D eigenvalue weighted by Crippen LogP contribution is 2.40. The van der Waals surface area contributed by atoms with Crippen LogP contribution in [0.4, 0.5) is 17.1 Å². The van der Waals surface area contributed by atoms with Crippen LogP contribution in [0, 0.1) is 0 Å². The van der Waals surface area contributed by atoms with Gasteiger partial charge in [-0.1, -0.05) is 30.3 Å². The van der Waals surface area contributed by atoms with Gasteiger partial charge in [0.25, 0.3) is 23.6 Å². The SMILES string of the molecule is O=C1c2ccc3c4c(ccc(c24)C(=O)N1c1ccccc1)C(=O)N(c1ccc(/C=N\Nc2ccc(S(=O)(=O)[O-])cc2)cc1)C3=O. The summed E-state index contributed by atoms with van der Waals surface area (Å²) in [5.41, 5.74) is 5.39. The first-order valence-electron chi connectivity index (χ1n) is 13.5. The number of anilines is 3. The van der Waals surface area contributed by atoms with E-state index in [0.29, 0.717) is 22.6 Å². The fourth-order valence-corrected chi connectivity index (χ4v) is 5.98. The summed E-state index contributed by atoms with van der Waals surface area (Å²) < 4.78 is 33.2. The molecule has 0 aromatic heterocycles. The van der Waals surface area contributed by atoms with Gasteiger partial charge >= 0.3 is 0 Å². The predicted molar refractivity (Wildman–Crippen MR) is 165 cm³/mol. The second-order valence-corrected chi connectivity index (χ2v) is 11.6. The van der Waals surface area contributed by atoms with Crippen molar-refractivity contribution >= 4 is 67.8 Å². The third-order valence-electron chi connectivity index (χ3n) is 7.61. The first-order chi connectivity index (χ1) is 21.6. The van der Waals surface area contributed by atoms with Crippen LogP contribution in [0.1, 0.15) is 47.0 Å². The number of hydrogen-bond donors (Lipinski definition) is 1. The lowest BCUT2D eigenvalue weighted by molar-refractivity contribution is 0.0873. The lowest BCUT2D eigenvalue weighted by Gasteiger charge is -2.32. The van der Waals surface area contributed by atoms with Gasteiger partial charge in [-0.05, 0) is 78.4 Å². The molecule has 7 rings (SSSR count). The van der Waals surface area contributed by atoms with Crippen LogP contribution in [-0.4, -0.2) is 42.8 Å². The second-order valence-electron chi connectivity index (χ2n) is 10.2. The van der Waals surface area contributed by atoms with Gasteiger partial charge in [-0.2, -0.15) is 5.10 Å². The van der Waals surface area contributed by atoms with Crippen LogP contribution in [0.2, 0.25) is 0 Å². The molecule has 0 radical (unpaired) electrons. The van der Waals surface area contributed by atoms with Gasteiger partial charge in [0, 0.05) is 33.0 Å². The summed E-state index contributed by atoms with van der Waals surface area (Å²) in [5, 5.41) is 4.66. The van der Waals surface area contributed by atoms with E-state index in [1.807, 2.05) is 0 Å². The number of para-hydroxylation sites is 1. The molecule has 1 N–H and O–H groups in total. The molecule has 0 aliphatic carbocycles. The number of hydrazone groups is 1. The Morgan fingerprint density at radius 2 is 1.02 bits per heavy atom. The third kappa shape index (κ3) is 4.56. The van der Waals surface area contributed by atoms with Crippen LogP contribution in [0.5, 0.6) is 0 Å². The summed E-state index contributed by atoms with van der Waals surface area (Å²) in [6.07, 6.45) is 1.48. The molecule has 2 aliphatic heterocycles. The first kappa shape index (κ1) is 27.8. The Bertz CT molecular complexity index is 2160. The summed E-state index contributed by atoms with van der Waals surface area (Å²) in [7, 11) is -4.55. The zero-order chi connectivity index (χ0) is 31.5. The maximum atomic E-state index is 13.7. The van der Waals surface area contributed by atoms with Crippen LogP contribution in [-0.2, 0) is 10.1 Å². The van der Waals surface area contributed by atoms with Gasteiger partial charge in [-0.3, -0.25) is 24.6 Å². The van der Waals surface area contributed by atoms with Gasteiger partial charge in [0.15, 0.2) is 0 Å². The van der Waals surface area contributed by atoms with Gasteiger partial charge in [0.1, 0.15) is 10.1 Å². The largest absolute Gasteiger partial charge is 0.744 e. The van der Waals surface area contributed by atoms with Gasteiger partial charge in [0.2, 0.25) is 0 Å². The van der Waals surface area contributed by atoms with E-state index in [2.05, 4.69) is 10.5 Å². The molecule has 220 valence electrons. The number of imide groups is 2. The second kappa shape index (κ2) is 10.3. The van der Waals surface area contributed by atoms with E-state index < -0.39 is 33.7 Å². The Morgan fingerprint density at radius 3 is 1.47 bits per heavy atom. The minimum atomic E-state index is -4.55. The molecule has 45 heavy (non-hydrogen) atoms. The highest BCUT2D eigenvalue weighted by atomic mass is 32.2. The Morgan fingerprint density at radius 1 is 0.578 bits per heavy atom. The van der Waals surface area contributed by atoms with E-state index in [1.165, 1.54) is 54.7 Å². The Hall–Kier alpha value is -5.98. The molecule has 12 heteroatoms. The van der Waals surface area contributed by atoms with Crippen LogP contribution in [0.15, 0.2) is 113 Å². The molecule has 11 nitrogen and oxygen atoms in total. The van der Waals surface area contributed by atoms with Crippen molar-refractivity contribution in [2.75, 3.05) is 15.2 Å². The van der Waals surface area contributed by atoms with Crippen molar-refractivity contribution in [2.24, 2.45) is 5.10 Å². The van der Waals surface area contributed by atoms with Crippen LogP contribution >= 0.6 is 0 Å². The molecule has 2 heterocycles. The van der Waals surface area contributed by atoms with Crippen molar-refractivity contribution in [1.29, 1.82) is 0 Å². The van der Waals surface area contributed by atoms with Crippen molar-refractivity contribution in [2.45, 2.75) is 4.90 Å². The Balaban J connectivity index is 1.16. The fraction of sp³-hybridized carbons (Fsp3) is 0. The average molecular weight is 616 g/mol. The smallest absolute Gasteiger partial charge is 0.265 e. The predicted octanol–water partition coefficient (Wildman–Crippen LogP) is 4.79. The van der Waals surface area contributed by atoms with Crippen molar-refractivity contribution in [3.05, 3.63) is 131 Å². The summed E-state index contributed by atoms with van der Waals surface area (Å²) in [6.45, 7) is 0. The summed E-state index contributed by atoms with van der Waals surface area (Å²) >= 11 is 0. The van der Waals surface area contributed by atoms with Crippen molar-refractivity contribution in [3.8, 4) is 0 Å². The number of nitrogens with zero attached hydrogens (tertiary/aromatic N) is 3. The van der Waals surface area contributed by atoms with Gasteiger partial charge < -0.3 is 4.55 Å². The van der Waals surface area contributed by atoms with E-state index in [9.17, 15) is 32.1 Å². The van der Waals surface area contributed by atoms with Crippen molar-refractivity contribution < 1.29 is 32.1 Å². The van der Waals surface area contributed by atoms with E-state index in [1.54, 1.807) is 54.6 Å². The number of amides is 4. The zero-order valence-electron chi connectivity index (χ0n) is 23.0. The molecule has 0 bridgehead atoms. The monoisotopic (exact) mass is 615 g/mol. The topological polar surface area (TPSA) is 156 Å². The number of carbonyl (C=O) groups is 4. The maximum absolute atomic E-state index is 13.7. The van der Waals surface area contributed by atoms with Gasteiger partial charge in [0.05, 0.1) is 28.2 Å². The molecule has 4 amide bonds. The molecular formula is C33H19N4O7S-. The molecule has 5 aromatic carbocycles. The number of hydrogen-bond acceptors (Lipinski definition) is 9. The lowest BCUT2D eigenvalue weighted by atomic mass is 9.85. The van der Waals surface area contributed by atoms with Crippen molar-refractivity contribution in [1.82, 2.24) is 0 Å². The molecule has 5 aromatic rings. The molecular weight excluding hydrogens is 596 g/mol. The summed E-state index contributed by atoms with van der Waals surface area (Å²) in [6, 6.07) is 26.2. The zero-order valence-corrected chi connectivity index (χ0v) is 23.8. The Labute approximate surface area is 255 Å². The molecule has 0 atom stereocenters. The average Bonchev–Trinajstić information content (AvgIpc) is 3.04. The van der Waals surface area contributed by atoms with Gasteiger partial charge in [-0.25, -0.2) is 18.2 Å². The first-order valence-corrected chi connectivity index (χ1v) is 14.9. The van der Waals surface area contributed by atoms with Crippen LogP contribution < -0.4 is 15.2 Å². The van der Waals surface area contributed by atoms with Crippen molar-refractivity contribution in [3.63, 3.8) is 0 Å². The fourth-order valence-electron chi connectivity index (χ4n) is 5.51.